The van der Waals surface area contributed by atoms with E-state index in [1.807, 2.05) is 0 Å². The topological polar surface area (TPSA) is 134 Å². The molecule has 0 aromatic rings. The van der Waals surface area contributed by atoms with Gasteiger partial charge in [0.1, 0.15) is 5.84 Å². The largest absolute Gasteiger partial charge is 0.382 e. The van der Waals surface area contributed by atoms with Crippen molar-refractivity contribution >= 4 is 35.6 Å². The first kappa shape index (κ1) is 16.3. The van der Waals surface area contributed by atoms with E-state index in [9.17, 15) is 9.59 Å². The minimum atomic E-state index is -0.724. The number of carbonyl (C=O) groups is 2. The van der Waals surface area contributed by atoms with Gasteiger partial charge < -0.3 is 16.8 Å². The zero-order valence-electron chi connectivity index (χ0n) is 10.9. The van der Waals surface area contributed by atoms with Crippen molar-refractivity contribution < 1.29 is 9.59 Å². The van der Waals surface area contributed by atoms with Gasteiger partial charge in [-0.05, 0) is 25.5 Å². The lowest BCUT2D eigenvalue weighted by molar-refractivity contribution is -0.124. The summed E-state index contributed by atoms with van der Waals surface area (Å²) in [5.74, 6) is -1.66. The van der Waals surface area contributed by atoms with Crippen molar-refractivity contribution in [2.45, 2.75) is 18.9 Å². The van der Waals surface area contributed by atoms with E-state index in [1.54, 1.807) is 0 Å². The van der Waals surface area contributed by atoms with Crippen molar-refractivity contribution in [1.29, 1.82) is 5.41 Å². The molecule has 0 aliphatic carbocycles. The van der Waals surface area contributed by atoms with E-state index in [0.29, 0.717) is 5.57 Å². The average molecular weight is 300 g/mol. The van der Waals surface area contributed by atoms with Crippen molar-refractivity contribution in [1.82, 2.24) is 5.32 Å². The van der Waals surface area contributed by atoms with Gasteiger partial charge in [-0.1, -0.05) is 0 Å². The van der Waals surface area contributed by atoms with Gasteiger partial charge in [-0.2, -0.15) is 0 Å². The molecule has 2 atom stereocenters. The summed E-state index contributed by atoms with van der Waals surface area (Å²) in [5, 5.41) is 10.5. The van der Waals surface area contributed by atoms with Crippen LogP contribution < -0.4 is 16.8 Å². The number of nitrogens with two attached hydrogens (primary N) is 2. The smallest absolute Gasteiger partial charge is 0.226 e. The second-order valence-electron chi connectivity index (χ2n) is 4.71. The highest BCUT2D eigenvalue weighted by molar-refractivity contribution is 6.45. The Kier molecular flexibility index (Phi) is 5.41. The quantitative estimate of drug-likeness (QED) is 0.397. The molecule has 0 bridgehead atoms. The maximum absolute atomic E-state index is 12.4. The number of Topliss-reactive ketones (excluding diaryl/α,β-unsaturated/α-hetero) is 1. The molecule has 1 saturated heterocycles. The van der Waals surface area contributed by atoms with E-state index in [-0.39, 0.29) is 42.3 Å². The molecule has 2 aliphatic rings. The number of hydrogen-bond acceptors (Lipinski definition) is 5. The van der Waals surface area contributed by atoms with Crippen LogP contribution in [0.2, 0.25) is 0 Å². The molecule has 7 nitrogen and oxygen atoms in total. The highest BCUT2D eigenvalue weighted by Gasteiger charge is 2.34. The zero-order valence-corrected chi connectivity index (χ0v) is 11.7. The molecule has 110 valence electrons. The standard InChI is InChI=1S/C12H17N5O2.ClH/c13-11(14)9-4-6(7(5-17-9)12(15)19)10(18)8-2-1-3-16-8;/h4,7-8,16H,1-3,5H2,(H3,13,14)(H2,15,19);1H/t7?,8-;/m0./s1. The number of nitrogens with one attached hydrogen (secondary N) is 2. The Morgan fingerprint density at radius 2 is 2.10 bits per heavy atom. The van der Waals surface area contributed by atoms with Crippen LogP contribution in [-0.4, -0.2) is 42.4 Å². The number of amides is 1. The normalized spacial score (nSPS) is 25.2. The van der Waals surface area contributed by atoms with Crippen LogP contribution in [0, 0.1) is 11.3 Å². The van der Waals surface area contributed by atoms with Gasteiger partial charge in [0, 0.05) is 5.57 Å². The summed E-state index contributed by atoms with van der Waals surface area (Å²) in [7, 11) is 0. The van der Waals surface area contributed by atoms with Crippen LogP contribution in [0.15, 0.2) is 16.6 Å². The molecule has 1 unspecified atom stereocenters. The molecule has 0 spiro atoms. The highest BCUT2D eigenvalue weighted by atomic mass is 35.5. The Morgan fingerprint density at radius 1 is 1.40 bits per heavy atom. The Bertz CT molecular complexity index is 494. The van der Waals surface area contributed by atoms with Crippen molar-refractivity contribution in [3.63, 3.8) is 0 Å². The number of hydrogen-bond donors (Lipinski definition) is 4. The summed E-state index contributed by atoms with van der Waals surface area (Å²) >= 11 is 0. The number of nitrogens with zero attached hydrogens (tertiary/aromatic N) is 1. The maximum Gasteiger partial charge on any atom is 0.226 e. The molecule has 2 aliphatic heterocycles. The van der Waals surface area contributed by atoms with Crippen LogP contribution >= 0.6 is 12.4 Å². The SMILES string of the molecule is Cl.N=C(N)C1=NCC(C(N)=O)C(C(=O)[C@@H]2CCCN2)=C1. The minimum Gasteiger partial charge on any atom is -0.382 e. The Balaban J connectivity index is 0.00000200. The predicted octanol–water partition coefficient (Wildman–Crippen LogP) is -0.852. The Hall–Kier alpha value is -1.73. The van der Waals surface area contributed by atoms with Crippen LogP contribution in [-0.2, 0) is 9.59 Å². The van der Waals surface area contributed by atoms with Crippen molar-refractivity contribution in [3.05, 3.63) is 11.6 Å². The fraction of sp³-hybridized carbons (Fsp3) is 0.500. The summed E-state index contributed by atoms with van der Waals surface area (Å²) in [5.41, 5.74) is 11.2. The van der Waals surface area contributed by atoms with Gasteiger partial charge in [0.2, 0.25) is 5.91 Å². The third-order valence-corrected chi connectivity index (χ3v) is 3.39. The number of primary amides is 1. The summed E-state index contributed by atoms with van der Waals surface area (Å²) in [6.07, 6.45) is 3.09. The van der Waals surface area contributed by atoms with E-state index in [1.165, 1.54) is 6.08 Å². The van der Waals surface area contributed by atoms with E-state index in [4.69, 9.17) is 16.9 Å². The summed E-state index contributed by atoms with van der Waals surface area (Å²) in [4.78, 5) is 27.8. The molecule has 0 saturated carbocycles. The molecule has 6 N–H and O–H groups in total. The molecule has 0 aromatic heterocycles. The first-order chi connectivity index (χ1) is 9.00. The summed E-state index contributed by atoms with van der Waals surface area (Å²) < 4.78 is 0. The van der Waals surface area contributed by atoms with Crippen molar-refractivity contribution in [3.8, 4) is 0 Å². The molecule has 1 fully saturated rings. The van der Waals surface area contributed by atoms with Crippen LogP contribution in [0.4, 0.5) is 0 Å². The van der Waals surface area contributed by atoms with E-state index in [0.717, 1.165) is 19.4 Å². The molecule has 8 heteroatoms. The Labute approximate surface area is 122 Å². The highest BCUT2D eigenvalue weighted by Crippen LogP contribution is 2.21. The fourth-order valence-corrected chi connectivity index (χ4v) is 2.34. The second-order valence-corrected chi connectivity index (χ2v) is 4.71. The first-order valence-corrected chi connectivity index (χ1v) is 6.18. The number of aliphatic imine (C=N–C) groups is 1. The van der Waals surface area contributed by atoms with Crippen LogP contribution in [0.3, 0.4) is 0 Å². The van der Waals surface area contributed by atoms with Crippen LogP contribution in [0.5, 0.6) is 0 Å². The molecule has 2 rings (SSSR count). The molecule has 0 radical (unpaired) electrons. The minimum absolute atomic E-state index is 0. The first-order valence-electron chi connectivity index (χ1n) is 6.18. The van der Waals surface area contributed by atoms with Crippen molar-refractivity contribution in [2.24, 2.45) is 22.4 Å². The molecule has 0 aromatic carbocycles. The lowest BCUT2D eigenvalue weighted by atomic mass is 9.87. The van der Waals surface area contributed by atoms with E-state index >= 15 is 0 Å². The zero-order chi connectivity index (χ0) is 14.0. The van der Waals surface area contributed by atoms with E-state index < -0.39 is 11.8 Å². The summed E-state index contributed by atoms with van der Waals surface area (Å²) in [6, 6.07) is -0.278. The number of halogens is 1. The number of ketones is 1. The monoisotopic (exact) mass is 299 g/mol. The van der Waals surface area contributed by atoms with Gasteiger partial charge in [0.25, 0.3) is 0 Å². The van der Waals surface area contributed by atoms with Gasteiger partial charge in [-0.3, -0.25) is 20.0 Å². The molecule has 20 heavy (non-hydrogen) atoms. The van der Waals surface area contributed by atoms with Gasteiger partial charge in [0.15, 0.2) is 5.78 Å². The van der Waals surface area contributed by atoms with Crippen molar-refractivity contribution in [2.75, 3.05) is 13.1 Å². The number of dihydropyridines is 1. The van der Waals surface area contributed by atoms with E-state index in [2.05, 4.69) is 10.3 Å². The Morgan fingerprint density at radius 3 is 2.60 bits per heavy atom. The van der Waals surface area contributed by atoms with Gasteiger partial charge >= 0.3 is 0 Å². The molecular formula is C12H18ClN5O2. The predicted molar refractivity (Wildman–Crippen MR) is 78.3 cm³/mol. The third-order valence-electron chi connectivity index (χ3n) is 3.39. The van der Waals surface area contributed by atoms with Gasteiger partial charge in [-0.15, -0.1) is 12.4 Å². The van der Waals surface area contributed by atoms with Crippen LogP contribution in [0.25, 0.3) is 0 Å². The third kappa shape index (κ3) is 3.23. The molecule has 1 amide bonds. The summed E-state index contributed by atoms with van der Waals surface area (Å²) in [6.45, 7) is 0.868. The van der Waals surface area contributed by atoms with Gasteiger partial charge in [0.05, 0.1) is 24.2 Å². The second kappa shape index (κ2) is 6.62. The van der Waals surface area contributed by atoms with Gasteiger partial charge in [-0.25, -0.2) is 0 Å². The lowest BCUT2D eigenvalue weighted by Gasteiger charge is -2.21. The number of carbonyl (C=O) groups excluding carboxylic acids is 2. The fourth-order valence-electron chi connectivity index (χ4n) is 2.34. The lowest BCUT2D eigenvalue weighted by Crippen LogP contribution is -2.40. The molecular weight excluding hydrogens is 282 g/mol. The number of amidine groups is 1. The van der Waals surface area contributed by atoms with Crippen LogP contribution in [0.1, 0.15) is 12.8 Å². The molecule has 2 heterocycles. The average Bonchev–Trinajstić information content (AvgIpc) is 2.90. The number of rotatable bonds is 4. The maximum atomic E-state index is 12.4.